The first-order valence-electron chi connectivity index (χ1n) is 6.15. The molecule has 0 fully saturated rings. The van der Waals surface area contributed by atoms with Crippen molar-refractivity contribution in [2.75, 3.05) is 5.32 Å². The Hall–Kier alpha value is -2.96. The summed E-state index contributed by atoms with van der Waals surface area (Å²) in [5.41, 5.74) is 1.57. The highest BCUT2D eigenvalue weighted by molar-refractivity contribution is 5.94. The van der Waals surface area contributed by atoms with E-state index >= 15 is 0 Å². The predicted molar refractivity (Wildman–Crippen MR) is 76.4 cm³/mol. The normalized spacial score (nSPS) is 10.1. The molecule has 1 aromatic heterocycles. The SMILES string of the molecule is Cc1cccc(CNc2cc([N+](=O)[O-])ccc2C(=O)O)n1. The third kappa shape index (κ3) is 3.53. The molecule has 0 aliphatic rings. The smallest absolute Gasteiger partial charge is 0.337 e. The Kier molecular flexibility index (Phi) is 4.13. The lowest BCUT2D eigenvalue weighted by Crippen LogP contribution is -2.08. The Bertz CT molecular complexity index is 700. The first kappa shape index (κ1) is 14.4. The number of benzene rings is 1. The Morgan fingerprint density at radius 1 is 1.38 bits per heavy atom. The van der Waals surface area contributed by atoms with Crippen LogP contribution in [0.4, 0.5) is 11.4 Å². The Balaban J connectivity index is 2.26. The second-order valence-electron chi connectivity index (χ2n) is 4.42. The second kappa shape index (κ2) is 6.00. The zero-order valence-corrected chi connectivity index (χ0v) is 11.2. The van der Waals surface area contributed by atoms with Gasteiger partial charge in [-0.25, -0.2) is 4.79 Å². The van der Waals surface area contributed by atoms with Gasteiger partial charge in [-0.15, -0.1) is 0 Å². The Morgan fingerprint density at radius 2 is 2.14 bits per heavy atom. The van der Waals surface area contributed by atoms with E-state index in [1.807, 2.05) is 19.1 Å². The van der Waals surface area contributed by atoms with Crippen molar-refractivity contribution in [2.45, 2.75) is 13.5 Å². The second-order valence-corrected chi connectivity index (χ2v) is 4.42. The number of carboxylic acids is 1. The molecular weight excluding hydrogens is 274 g/mol. The molecule has 21 heavy (non-hydrogen) atoms. The number of nitro groups is 1. The minimum absolute atomic E-state index is 0.0201. The summed E-state index contributed by atoms with van der Waals surface area (Å²) in [6.07, 6.45) is 0. The van der Waals surface area contributed by atoms with E-state index in [0.717, 1.165) is 11.4 Å². The van der Waals surface area contributed by atoms with Gasteiger partial charge in [0, 0.05) is 17.8 Å². The largest absolute Gasteiger partial charge is 0.478 e. The highest BCUT2D eigenvalue weighted by Gasteiger charge is 2.15. The number of aryl methyl sites for hydroxylation is 1. The van der Waals surface area contributed by atoms with Crippen LogP contribution >= 0.6 is 0 Å². The number of nitrogens with zero attached hydrogens (tertiary/aromatic N) is 2. The fraction of sp³-hybridized carbons (Fsp3) is 0.143. The molecule has 0 unspecified atom stereocenters. The van der Waals surface area contributed by atoms with Gasteiger partial charge in [0.15, 0.2) is 0 Å². The van der Waals surface area contributed by atoms with Gasteiger partial charge in [0.1, 0.15) is 0 Å². The Morgan fingerprint density at radius 3 is 2.76 bits per heavy atom. The third-order valence-corrected chi connectivity index (χ3v) is 2.85. The molecule has 7 heteroatoms. The monoisotopic (exact) mass is 287 g/mol. The van der Waals surface area contributed by atoms with Crippen LogP contribution in [0.2, 0.25) is 0 Å². The molecule has 108 valence electrons. The maximum absolute atomic E-state index is 11.1. The summed E-state index contributed by atoms with van der Waals surface area (Å²) < 4.78 is 0. The standard InChI is InChI=1S/C14H13N3O4/c1-9-3-2-4-10(16-9)8-15-13-7-11(17(20)21)5-6-12(13)14(18)19/h2-7,15H,8H2,1H3,(H,18,19). The van der Waals surface area contributed by atoms with Crippen molar-refractivity contribution >= 4 is 17.3 Å². The molecule has 0 saturated carbocycles. The molecule has 2 aromatic rings. The van der Waals surface area contributed by atoms with Crippen LogP contribution in [0.5, 0.6) is 0 Å². The molecule has 0 spiro atoms. The van der Waals surface area contributed by atoms with Crippen molar-refractivity contribution in [3.05, 3.63) is 63.5 Å². The van der Waals surface area contributed by atoms with Crippen molar-refractivity contribution in [1.82, 2.24) is 4.98 Å². The van der Waals surface area contributed by atoms with Gasteiger partial charge in [0.2, 0.25) is 0 Å². The number of nitrogens with one attached hydrogen (secondary N) is 1. The van der Waals surface area contributed by atoms with E-state index in [1.165, 1.54) is 18.2 Å². The maximum Gasteiger partial charge on any atom is 0.337 e. The van der Waals surface area contributed by atoms with Crippen LogP contribution in [0.15, 0.2) is 36.4 Å². The molecule has 2 N–H and O–H groups in total. The molecular formula is C14H13N3O4. The summed E-state index contributed by atoms with van der Waals surface area (Å²) in [7, 11) is 0. The summed E-state index contributed by atoms with van der Waals surface area (Å²) in [4.78, 5) is 25.6. The van der Waals surface area contributed by atoms with Crippen LogP contribution in [0.25, 0.3) is 0 Å². The number of hydrogen-bond acceptors (Lipinski definition) is 5. The van der Waals surface area contributed by atoms with Crippen molar-refractivity contribution in [2.24, 2.45) is 0 Å². The number of carbonyl (C=O) groups is 1. The highest BCUT2D eigenvalue weighted by Crippen LogP contribution is 2.23. The topological polar surface area (TPSA) is 105 Å². The minimum atomic E-state index is -1.15. The number of hydrogen-bond donors (Lipinski definition) is 2. The number of rotatable bonds is 5. The predicted octanol–water partition coefficient (Wildman–Crippen LogP) is 2.61. The number of nitro benzene ring substituents is 1. The lowest BCUT2D eigenvalue weighted by atomic mass is 10.1. The number of aromatic carboxylic acids is 1. The van der Waals surface area contributed by atoms with E-state index in [4.69, 9.17) is 5.11 Å². The zero-order chi connectivity index (χ0) is 15.4. The van der Waals surface area contributed by atoms with Crippen molar-refractivity contribution in [3.63, 3.8) is 0 Å². The molecule has 2 rings (SSSR count). The fourth-order valence-electron chi connectivity index (χ4n) is 1.86. The van der Waals surface area contributed by atoms with Crippen LogP contribution in [0.1, 0.15) is 21.7 Å². The van der Waals surface area contributed by atoms with E-state index in [-0.39, 0.29) is 23.5 Å². The van der Waals surface area contributed by atoms with Crippen LogP contribution in [-0.4, -0.2) is 21.0 Å². The minimum Gasteiger partial charge on any atom is -0.478 e. The zero-order valence-electron chi connectivity index (χ0n) is 11.2. The van der Waals surface area contributed by atoms with Crippen molar-refractivity contribution in [1.29, 1.82) is 0 Å². The Labute approximate surface area is 120 Å². The average Bonchev–Trinajstić information content (AvgIpc) is 2.44. The molecule has 0 aliphatic carbocycles. The summed E-state index contributed by atoms with van der Waals surface area (Å²) in [5.74, 6) is -1.15. The molecule has 1 heterocycles. The van der Waals surface area contributed by atoms with E-state index in [0.29, 0.717) is 0 Å². The van der Waals surface area contributed by atoms with Crippen molar-refractivity contribution < 1.29 is 14.8 Å². The third-order valence-electron chi connectivity index (χ3n) is 2.85. The quantitative estimate of drug-likeness (QED) is 0.646. The maximum atomic E-state index is 11.1. The van der Waals surface area contributed by atoms with Crippen LogP contribution in [0, 0.1) is 17.0 Å². The van der Waals surface area contributed by atoms with Gasteiger partial charge in [-0.2, -0.15) is 0 Å². The number of anilines is 1. The summed E-state index contributed by atoms with van der Waals surface area (Å²) in [6.45, 7) is 2.13. The van der Waals surface area contributed by atoms with Gasteiger partial charge < -0.3 is 10.4 Å². The lowest BCUT2D eigenvalue weighted by Gasteiger charge is -2.09. The van der Waals surface area contributed by atoms with Gasteiger partial charge >= 0.3 is 5.97 Å². The number of non-ortho nitro benzene ring substituents is 1. The molecule has 0 amide bonds. The first-order chi connectivity index (χ1) is 9.97. The summed E-state index contributed by atoms with van der Waals surface area (Å²) in [6, 6.07) is 9.06. The van der Waals surface area contributed by atoms with E-state index in [2.05, 4.69) is 10.3 Å². The van der Waals surface area contributed by atoms with E-state index in [9.17, 15) is 14.9 Å². The van der Waals surface area contributed by atoms with Crippen molar-refractivity contribution in [3.8, 4) is 0 Å². The first-order valence-corrected chi connectivity index (χ1v) is 6.15. The molecule has 0 radical (unpaired) electrons. The van der Waals surface area contributed by atoms with E-state index in [1.54, 1.807) is 6.07 Å². The van der Waals surface area contributed by atoms with Gasteiger partial charge in [0.05, 0.1) is 28.4 Å². The molecule has 7 nitrogen and oxygen atoms in total. The van der Waals surface area contributed by atoms with Crippen LogP contribution in [-0.2, 0) is 6.54 Å². The molecule has 0 atom stereocenters. The van der Waals surface area contributed by atoms with Gasteiger partial charge in [-0.05, 0) is 25.1 Å². The van der Waals surface area contributed by atoms with Gasteiger partial charge in [-0.1, -0.05) is 6.07 Å². The van der Waals surface area contributed by atoms with Gasteiger partial charge in [0.25, 0.3) is 5.69 Å². The van der Waals surface area contributed by atoms with Crippen LogP contribution < -0.4 is 5.32 Å². The fourth-order valence-corrected chi connectivity index (χ4v) is 1.86. The average molecular weight is 287 g/mol. The molecule has 0 saturated heterocycles. The number of aromatic nitrogens is 1. The summed E-state index contributed by atoms with van der Waals surface area (Å²) >= 11 is 0. The number of carboxylic acid groups (broad SMARTS) is 1. The molecule has 0 bridgehead atoms. The van der Waals surface area contributed by atoms with Gasteiger partial charge in [-0.3, -0.25) is 15.1 Å². The summed E-state index contributed by atoms with van der Waals surface area (Å²) in [5, 5.41) is 22.8. The molecule has 0 aliphatic heterocycles. The number of pyridine rings is 1. The van der Waals surface area contributed by atoms with E-state index < -0.39 is 10.9 Å². The van der Waals surface area contributed by atoms with Crippen LogP contribution in [0.3, 0.4) is 0 Å². The molecule has 1 aromatic carbocycles. The lowest BCUT2D eigenvalue weighted by molar-refractivity contribution is -0.384. The highest BCUT2D eigenvalue weighted by atomic mass is 16.6.